The standard InChI is InChI=1S/C43H40N2.C18H18N2.2C2H6/c1-4-16-32(26-25-31(2)3)33-27-28-39-41(30-33)45(36-20-10-7-11-21-36)40-24-15-14-23-38(40)42-34-17-12-13-22-37(29-34)44(43(39)42)35-18-8-5-6-9-19-35;1-13-6-5-7-15(12-13)20-14(2)16(10-11-19)17-8-3-4-9-18(17)20;2*1-2/h5,7-28,30,34,37H,2,4,6,29H2,1,3H3;3-12H,19H2,1-2H3;2*1-2H3/b26-25-,32-16+;11-10-;;. The first-order chi connectivity index (χ1) is 33.9. The molecule has 0 radical (unpaired) electrons. The minimum Gasteiger partial charge on any atom is -0.405 e. The van der Waals surface area contributed by atoms with Gasteiger partial charge in [-0.05, 0) is 129 Å². The van der Waals surface area contributed by atoms with E-state index in [2.05, 4.69) is 236 Å². The molecule has 5 aromatic carbocycles. The second-order valence-electron chi connectivity index (χ2n) is 17.2. The van der Waals surface area contributed by atoms with Crippen LogP contribution in [0.5, 0.6) is 0 Å². The second-order valence-corrected chi connectivity index (χ2v) is 17.2. The van der Waals surface area contributed by atoms with Crippen molar-refractivity contribution in [3.63, 3.8) is 0 Å². The van der Waals surface area contributed by atoms with Gasteiger partial charge >= 0.3 is 0 Å². The zero-order chi connectivity index (χ0) is 48.9. The molecule has 350 valence electrons. The van der Waals surface area contributed by atoms with Crippen LogP contribution in [0.2, 0.25) is 0 Å². The van der Waals surface area contributed by atoms with Crippen LogP contribution in [0, 0.1) is 19.8 Å². The van der Waals surface area contributed by atoms with Gasteiger partial charge in [-0.2, -0.15) is 0 Å². The van der Waals surface area contributed by atoms with Gasteiger partial charge in [-0.3, -0.25) is 0 Å². The lowest BCUT2D eigenvalue weighted by atomic mass is 9.80. The normalized spacial score (nSPS) is 16.8. The third-order valence-electron chi connectivity index (χ3n) is 12.7. The van der Waals surface area contributed by atoms with Gasteiger partial charge < -0.3 is 20.1 Å². The molecular weight excluding hydrogens is 837 g/mol. The molecule has 4 heteroatoms. The summed E-state index contributed by atoms with van der Waals surface area (Å²) >= 11 is 0. The molecule has 0 saturated carbocycles. The Labute approximate surface area is 413 Å². The van der Waals surface area contributed by atoms with Crippen LogP contribution in [0.3, 0.4) is 0 Å². The van der Waals surface area contributed by atoms with Gasteiger partial charge in [0, 0.05) is 50.8 Å². The van der Waals surface area contributed by atoms with Crippen molar-refractivity contribution in [2.75, 3.05) is 4.90 Å². The molecule has 0 fully saturated rings. The van der Waals surface area contributed by atoms with Gasteiger partial charge in [0.15, 0.2) is 0 Å². The van der Waals surface area contributed by atoms with Crippen LogP contribution in [0.4, 0.5) is 17.1 Å². The summed E-state index contributed by atoms with van der Waals surface area (Å²) in [5.41, 5.74) is 25.1. The predicted octanol–water partition coefficient (Wildman–Crippen LogP) is 17.7. The Bertz CT molecular complexity index is 3050. The number of hydrogen-bond donors (Lipinski definition) is 1. The average molecular weight is 907 g/mol. The summed E-state index contributed by atoms with van der Waals surface area (Å²) in [7, 11) is 0. The molecule has 1 aromatic heterocycles. The Balaban J connectivity index is 0.000000244. The molecule has 2 aliphatic heterocycles. The predicted molar refractivity (Wildman–Crippen MR) is 302 cm³/mol. The molecule has 4 nitrogen and oxygen atoms in total. The first kappa shape index (κ1) is 49.3. The summed E-state index contributed by atoms with van der Waals surface area (Å²) in [5, 5.41) is 1.23. The lowest BCUT2D eigenvalue weighted by molar-refractivity contribution is 0.371. The molecule has 0 amide bonds. The van der Waals surface area contributed by atoms with Gasteiger partial charge in [-0.1, -0.05) is 186 Å². The Kier molecular flexibility index (Phi) is 16.8. The molecule has 2 unspecified atom stereocenters. The van der Waals surface area contributed by atoms with E-state index < -0.39 is 0 Å². The van der Waals surface area contributed by atoms with Crippen molar-refractivity contribution in [3.05, 3.63) is 252 Å². The maximum absolute atomic E-state index is 5.60. The second kappa shape index (κ2) is 23.4. The monoisotopic (exact) mass is 907 g/mol. The lowest BCUT2D eigenvalue weighted by Gasteiger charge is -2.42. The van der Waals surface area contributed by atoms with Crippen molar-refractivity contribution in [1.29, 1.82) is 0 Å². The van der Waals surface area contributed by atoms with E-state index in [1.54, 1.807) is 6.20 Å². The number of aromatic nitrogens is 1. The maximum Gasteiger partial charge on any atom is 0.0561 e. The molecule has 0 spiro atoms. The number of benzene rings is 5. The van der Waals surface area contributed by atoms with E-state index in [0.717, 1.165) is 30.5 Å². The number of para-hydroxylation sites is 3. The van der Waals surface area contributed by atoms with Crippen LogP contribution in [0.1, 0.15) is 94.3 Å². The number of fused-ring (bicyclic) bond motifs is 8. The van der Waals surface area contributed by atoms with Crippen molar-refractivity contribution in [1.82, 2.24) is 9.47 Å². The Hall–Kier alpha value is -7.56. The summed E-state index contributed by atoms with van der Waals surface area (Å²) < 4.78 is 2.29. The molecule has 6 aromatic rings. The smallest absolute Gasteiger partial charge is 0.0561 e. The van der Waals surface area contributed by atoms with Crippen molar-refractivity contribution in [3.8, 4) is 5.69 Å². The molecule has 4 aliphatic rings. The fourth-order valence-corrected chi connectivity index (χ4v) is 9.85. The van der Waals surface area contributed by atoms with Gasteiger partial charge in [0.2, 0.25) is 0 Å². The van der Waals surface area contributed by atoms with Gasteiger partial charge in [0.1, 0.15) is 0 Å². The van der Waals surface area contributed by atoms with Crippen LogP contribution in [0.15, 0.2) is 218 Å². The summed E-state index contributed by atoms with van der Waals surface area (Å²) in [4.78, 5) is 5.08. The highest BCUT2D eigenvalue weighted by atomic mass is 15.2. The van der Waals surface area contributed by atoms with Crippen LogP contribution >= 0.6 is 0 Å². The first-order valence-corrected chi connectivity index (χ1v) is 25.0. The number of nitrogens with zero attached hydrogens (tertiary/aromatic N) is 3. The number of rotatable bonds is 8. The quantitative estimate of drug-likeness (QED) is 0.155. The van der Waals surface area contributed by atoms with E-state index in [4.69, 9.17) is 5.73 Å². The van der Waals surface area contributed by atoms with Gasteiger partial charge in [-0.15, -0.1) is 0 Å². The first-order valence-electron chi connectivity index (χ1n) is 25.0. The van der Waals surface area contributed by atoms with E-state index in [0.29, 0.717) is 5.92 Å². The zero-order valence-corrected chi connectivity index (χ0v) is 42.0. The van der Waals surface area contributed by atoms with E-state index in [-0.39, 0.29) is 6.04 Å². The van der Waals surface area contributed by atoms with E-state index in [1.807, 2.05) is 40.7 Å². The summed E-state index contributed by atoms with van der Waals surface area (Å²) in [5.74, 6) is 0.292. The van der Waals surface area contributed by atoms with Crippen molar-refractivity contribution < 1.29 is 0 Å². The van der Waals surface area contributed by atoms with E-state index in [1.165, 1.54) is 84.0 Å². The number of anilines is 3. The number of hydrogen-bond acceptors (Lipinski definition) is 3. The van der Waals surface area contributed by atoms with Gasteiger partial charge in [0.25, 0.3) is 0 Å². The van der Waals surface area contributed by atoms with Crippen molar-refractivity contribution >= 4 is 50.9 Å². The zero-order valence-electron chi connectivity index (χ0n) is 42.0. The lowest BCUT2D eigenvalue weighted by Crippen LogP contribution is -2.37. The number of aryl methyl sites for hydroxylation is 1. The number of allylic oxidation sites excluding steroid dienone is 14. The molecular formula is C65H70N4. The van der Waals surface area contributed by atoms with Gasteiger partial charge in [0.05, 0.1) is 28.6 Å². The van der Waals surface area contributed by atoms with Crippen LogP contribution in [-0.2, 0) is 0 Å². The molecule has 2 N–H and O–H groups in total. The molecule has 0 saturated heterocycles. The molecule has 3 heterocycles. The third-order valence-corrected chi connectivity index (χ3v) is 12.7. The minimum atomic E-state index is 0.239. The van der Waals surface area contributed by atoms with Crippen molar-refractivity contribution in [2.45, 2.75) is 80.7 Å². The number of nitrogens with two attached hydrogens (primary N) is 1. The topological polar surface area (TPSA) is 37.4 Å². The highest BCUT2D eigenvalue weighted by molar-refractivity contribution is 6.05. The van der Waals surface area contributed by atoms with Crippen LogP contribution < -0.4 is 10.6 Å². The van der Waals surface area contributed by atoms with E-state index >= 15 is 0 Å². The van der Waals surface area contributed by atoms with Gasteiger partial charge in [-0.25, -0.2) is 0 Å². The molecule has 2 bridgehead atoms. The van der Waals surface area contributed by atoms with E-state index in [9.17, 15) is 0 Å². The van der Waals surface area contributed by atoms with Crippen molar-refractivity contribution in [2.24, 2.45) is 11.7 Å². The van der Waals surface area contributed by atoms with Crippen LogP contribution in [-0.4, -0.2) is 15.5 Å². The molecule has 10 rings (SSSR count). The molecule has 2 atom stereocenters. The SMILES string of the molecule is C=C(C)/C=C\C(=C/CC)c1ccc2c(c1)N(c1ccccc1)c1ccccc1C1=C2N(C2=CC=CCC=C2)C2C=CC=CC1C2.CC.CC.Cc1cccc(-n2c(C)c(/C=C\N)c3ccccc32)c1. The Morgan fingerprint density at radius 3 is 2.25 bits per heavy atom. The maximum atomic E-state index is 5.60. The highest BCUT2D eigenvalue weighted by Gasteiger charge is 2.40. The molecule has 69 heavy (non-hydrogen) atoms. The Morgan fingerprint density at radius 2 is 1.48 bits per heavy atom. The summed E-state index contributed by atoms with van der Waals surface area (Å²) in [6.07, 6.45) is 33.7. The average Bonchev–Trinajstić information content (AvgIpc) is 3.67. The van der Waals surface area contributed by atoms with Crippen LogP contribution in [0.25, 0.3) is 39.5 Å². The minimum absolute atomic E-state index is 0.239. The third kappa shape index (κ3) is 10.5. The fraction of sp³-hybridized carbons (Fsp3) is 0.200. The Morgan fingerprint density at radius 1 is 0.739 bits per heavy atom. The molecule has 2 aliphatic carbocycles. The highest BCUT2D eigenvalue weighted by Crippen LogP contribution is 2.55. The summed E-state index contributed by atoms with van der Waals surface area (Å²) in [6.45, 7) is 20.6. The largest absolute Gasteiger partial charge is 0.405 e. The summed E-state index contributed by atoms with van der Waals surface area (Å²) in [6, 6.07) is 44.1. The fourth-order valence-electron chi connectivity index (χ4n) is 9.85.